The highest BCUT2D eigenvalue weighted by molar-refractivity contribution is 6.05. The van der Waals surface area contributed by atoms with Crippen LogP contribution in [0.5, 0.6) is 0 Å². The standard InChI is InChI=1S/C14H21NO2/c1-11-9-14(2,3)12(8-13(11)16)10-15-4-6-17-7-5-15/h8H,1,4-7,9-10H2,2-3H3. The monoisotopic (exact) mass is 235 g/mol. The van der Waals surface area contributed by atoms with E-state index in [1.807, 2.05) is 0 Å². The van der Waals surface area contributed by atoms with Gasteiger partial charge in [0.2, 0.25) is 0 Å². The highest BCUT2D eigenvalue weighted by Gasteiger charge is 2.31. The Bertz CT molecular complexity index is 362. The van der Waals surface area contributed by atoms with E-state index in [0.29, 0.717) is 0 Å². The molecule has 0 spiro atoms. The van der Waals surface area contributed by atoms with Gasteiger partial charge >= 0.3 is 0 Å². The Morgan fingerprint density at radius 2 is 2.06 bits per heavy atom. The van der Waals surface area contributed by atoms with Crippen molar-refractivity contribution < 1.29 is 9.53 Å². The minimum atomic E-state index is 0.0588. The molecule has 1 fully saturated rings. The molecule has 2 aliphatic rings. The topological polar surface area (TPSA) is 29.5 Å². The predicted octanol–water partition coefficient (Wildman–Crippen LogP) is 1.80. The van der Waals surface area contributed by atoms with Gasteiger partial charge in [0.05, 0.1) is 13.2 Å². The molecular formula is C14H21NO2. The van der Waals surface area contributed by atoms with Gasteiger partial charge in [-0.2, -0.15) is 0 Å². The van der Waals surface area contributed by atoms with Crippen LogP contribution in [-0.2, 0) is 9.53 Å². The number of carbonyl (C=O) groups excluding carboxylic acids is 1. The van der Waals surface area contributed by atoms with Crippen molar-refractivity contribution in [3.8, 4) is 0 Å². The lowest BCUT2D eigenvalue weighted by molar-refractivity contribution is -0.112. The van der Waals surface area contributed by atoms with Gasteiger partial charge in [-0.25, -0.2) is 0 Å². The van der Waals surface area contributed by atoms with E-state index in [1.165, 1.54) is 5.57 Å². The molecule has 0 unspecified atom stereocenters. The third-order valence-corrected chi connectivity index (χ3v) is 3.68. The van der Waals surface area contributed by atoms with Gasteiger partial charge < -0.3 is 4.74 Å². The predicted molar refractivity (Wildman–Crippen MR) is 67.9 cm³/mol. The molecule has 0 radical (unpaired) electrons. The number of nitrogens with zero attached hydrogens (tertiary/aromatic N) is 1. The number of allylic oxidation sites excluding steroid dienone is 2. The molecular weight excluding hydrogens is 214 g/mol. The van der Waals surface area contributed by atoms with E-state index in [9.17, 15) is 4.79 Å². The summed E-state index contributed by atoms with van der Waals surface area (Å²) >= 11 is 0. The summed E-state index contributed by atoms with van der Waals surface area (Å²) in [5.41, 5.74) is 2.03. The Morgan fingerprint density at radius 3 is 2.71 bits per heavy atom. The third-order valence-electron chi connectivity index (χ3n) is 3.68. The molecule has 3 nitrogen and oxygen atoms in total. The van der Waals surface area contributed by atoms with Crippen molar-refractivity contribution in [3.63, 3.8) is 0 Å². The van der Waals surface area contributed by atoms with Crippen LogP contribution >= 0.6 is 0 Å². The van der Waals surface area contributed by atoms with E-state index in [0.717, 1.165) is 44.8 Å². The summed E-state index contributed by atoms with van der Waals surface area (Å²) in [7, 11) is 0. The first-order valence-corrected chi connectivity index (χ1v) is 6.22. The second-order valence-electron chi connectivity index (χ2n) is 5.59. The second kappa shape index (κ2) is 4.75. The van der Waals surface area contributed by atoms with Crippen LogP contribution < -0.4 is 0 Å². The first kappa shape index (κ1) is 12.5. The molecule has 0 aromatic heterocycles. The van der Waals surface area contributed by atoms with Crippen LogP contribution in [0.1, 0.15) is 20.3 Å². The summed E-state index contributed by atoms with van der Waals surface area (Å²) in [4.78, 5) is 14.1. The fourth-order valence-corrected chi connectivity index (χ4v) is 2.45. The summed E-state index contributed by atoms with van der Waals surface area (Å²) in [6.45, 7) is 12.6. The number of hydrogen-bond donors (Lipinski definition) is 0. The van der Waals surface area contributed by atoms with Crippen molar-refractivity contribution >= 4 is 5.78 Å². The first-order valence-electron chi connectivity index (χ1n) is 6.22. The maximum atomic E-state index is 11.7. The fraction of sp³-hybridized carbons (Fsp3) is 0.643. The van der Waals surface area contributed by atoms with E-state index in [2.05, 4.69) is 25.3 Å². The number of carbonyl (C=O) groups is 1. The lowest BCUT2D eigenvalue weighted by atomic mass is 9.73. The van der Waals surface area contributed by atoms with Gasteiger partial charge in [-0.1, -0.05) is 20.4 Å². The molecule has 1 saturated heterocycles. The maximum Gasteiger partial charge on any atom is 0.181 e. The SMILES string of the molecule is C=C1CC(C)(C)C(CN2CCOCC2)=CC1=O. The van der Waals surface area contributed by atoms with Crippen LogP contribution in [0.15, 0.2) is 23.8 Å². The molecule has 1 aliphatic heterocycles. The third kappa shape index (κ3) is 2.85. The quantitative estimate of drug-likeness (QED) is 0.684. The first-order chi connectivity index (χ1) is 7.99. The molecule has 0 saturated carbocycles. The fourth-order valence-electron chi connectivity index (χ4n) is 2.45. The van der Waals surface area contributed by atoms with Crippen molar-refractivity contribution in [2.75, 3.05) is 32.8 Å². The minimum Gasteiger partial charge on any atom is -0.379 e. The van der Waals surface area contributed by atoms with Crippen molar-refractivity contribution in [3.05, 3.63) is 23.8 Å². The summed E-state index contributed by atoms with van der Waals surface area (Å²) in [5.74, 6) is 0.104. The zero-order valence-corrected chi connectivity index (χ0v) is 10.8. The zero-order chi connectivity index (χ0) is 12.5. The molecule has 0 atom stereocenters. The molecule has 17 heavy (non-hydrogen) atoms. The van der Waals surface area contributed by atoms with Crippen LogP contribution in [-0.4, -0.2) is 43.5 Å². The Balaban J connectivity index is 2.09. The second-order valence-corrected chi connectivity index (χ2v) is 5.59. The largest absolute Gasteiger partial charge is 0.379 e. The molecule has 1 aliphatic carbocycles. The average molecular weight is 235 g/mol. The molecule has 0 bridgehead atoms. The number of ketones is 1. The highest BCUT2D eigenvalue weighted by atomic mass is 16.5. The van der Waals surface area contributed by atoms with Gasteiger partial charge in [0, 0.05) is 19.6 Å². The summed E-state index contributed by atoms with van der Waals surface area (Å²) < 4.78 is 5.34. The molecule has 0 N–H and O–H groups in total. The summed E-state index contributed by atoms with van der Waals surface area (Å²) in [5, 5.41) is 0. The van der Waals surface area contributed by atoms with Gasteiger partial charge in [0.1, 0.15) is 0 Å². The van der Waals surface area contributed by atoms with Crippen molar-refractivity contribution in [2.24, 2.45) is 5.41 Å². The molecule has 0 amide bonds. The van der Waals surface area contributed by atoms with Gasteiger partial charge in [0.15, 0.2) is 5.78 Å². The number of ether oxygens (including phenoxy) is 1. The summed E-state index contributed by atoms with van der Waals surface area (Å²) in [6.07, 6.45) is 2.57. The number of rotatable bonds is 2. The van der Waals surface area contributed by atoms with Gasteiger partial charge in [-0.15, -0.1) is 0 Å². The van der Waals surface area contributed by atoms with Gasteiger partial charge in [-0.05, 0) is 29.1 Å². The lowest BCUT2D eigenvalue weighted by Crippen LogP contribution is -2.40. The van der Waals surface area contributed by atoms with Crippen LogP contribution in [0.4, 0.5) is 0 Å². The Morgan fingerprint density at radius 1 is 1.41 bits per heavy atom. The maximum absolute atomic E-state index is 11.7. The summed E-state index contributed by atoms with van der Waals surface area (Å²) in [6, 6.07) is 0. The van der Waals surface area contributed by atoms with E-state index in [1.54, 1.807) is 6.08 Å². The molecule has 1 heterocycles. The van der Waals surface area contributed by atoms with Gasteiger partial charge in [-0.3, -0.25) is 9.69 Å². The molecule has 0 aromatic rings. The normalized spacial score (nSPS) is 25.9. The van der Waals surface area contributed by atoms with Crippen LogP contribution in [0.25, 0.3) is 0 Å². The number of morpholine rings is 1. The van der Waals surface area contributed by atoms with E-state index in [-0.39, 0.29) is 11.2 Å². The molecule has 2 rings (SSSR count). The molecule has 3 heteroatoms. The lowest BCUT2D eigenvalue weighted by Gasteiger charge is -2.36. The van der Waals surface area contributed by atoms with E-state index in [4.69, 9.17) is 4.74 Å². The zero-order valence-electron chi connectivity index (χ0n) is 10.8. The van der Waals surface area contributed by atoms with Crippen LogP contribution in [0.3, 0.4) is 0 Å². The van der Waals surface area contributed by atoms with E-state index < -0.39 is 0 Å². The smallest absolute Gasteiger partial charge is 0.181 e. The van der Waals surface area contributed by atoms with Crippen LogP contribution in [0.2, 0.25) is 0 Å². The Kier molecular flexibility index (Phi) is 3.50. The molecule has 94 valence electrons. The van der Waals surface area contributed by atoms with Crippen molar-refractivity contribution in [1.82, 2.24) is 4.90 Å². The Hall–Kier alpha value is -0.930. The Labute approximate surface area is 103 Å². The van der Waals surface area contributed by atoms with Gasteiger partial charge in [0.25, 0.3) is 0 Å². The highest BCUT2D eigenvalue weighted by Crippen LogP contribution is 2.37. The van der Waals surface area contributed by atoms with Crippen molar-refractivity contribution in [2.45, 2.75) is 20.3 Å². The van der Waals surface area contributed by atoms with Crippen molar-refractivity contribution in [1.29, 1.82) is 0 Å². The molecule has 0 aromatic carbocycles. The van der Waals surface area contributed by atoms with E-state index >= 15 is 0 Å². The minimum absolute atomic E-state index is 0.0588. The van der Waals surface area contributed by atoms with Crippen LogP contribution in [0, 0.1) is 5.41 Å². The number of hydrogen-bond acceptors (Lipinski definition) is 3. The average Bonchev–Trinajstić information content (AvgIpc) is 2.27.